The number of halogens is 1. The van der Waals surface area contributed by atoms with Crippen LogP contribution in [0.4, 0.5) is 6.01 Å². The van der Waals surface area contributed by atoms with Crippen LogP contribution in [0.2, 0.25) is 0 Å². The van der Waals surface area contributed by atoms with E-state index in [1.165, 1.54) is 0 Å². The van der Waals surface area contributed by atoms with Crippen LogP contribution in [0.5, 0.6) is 0 Å². The molecule has 0 spiro atoms. The number of fused-ring (bicyclic) bond motifs is 1. The Morgan fingerprint density at radius 3 is 2.87 bits per heavy atom. The van der Waals surface area contributed by atoms with Crippen molar-refractivity contribution < 1.29 is 4.42 Å². The first-order valence-corrected chi connectivity index (χ1v) is 5.55. The van der Waals surface area contributed by atoms with Gasteiger partial charge in [-0.2, -0.15) is 4.98 Å². The molecule has 1 aromatic heterocycles. The fourth-order valence-electron chi connectivity index (χ4n) is 1.49. The van der Waals surface area contributed by atoms with E-state index < -0.39 is 0 Å². The van der Waals surface area contributed by atoms with Gasteiger partial charge in [0.25, 0.3) is 6.01 Å². The molecule has 0 aliphatic carbocycles. The monoisotopic (exact) mass is 224 g/mol. The Bertz CT molecular complexity index is 408. The molecule has 0 amide bonds. The van der Waals surface area contributed by atoms with Gasteiger partial charge in [-0.3, -0.25) is 0 Å². The Kier molecular flexibility index (Phi) is 3.11. The lowest BCUT2D eigenvalue weighted by atomic mass is 10.3. The molecule has 3 nitrogen and oxygen atoms in total. The molecule has 0 radical (unpaired) electrons. The van der Waals surface area contributed by atoms with Crippen molar-refractivity contribution in [2.45, 2.75) is 6.92 Å². The van der Waals surface area contributed by atoms with Crippen molar-refractivity contribution in [3.63, 3.8) is 0 Å². The molecule has 15 heavy (non-hydrogen) atoms. The van der Waals surface area contributed by atoms with Gasteiger partial charge in [0.2, 0.25) is 0 Å². The van der Waals surface area contributed by atoms with Crippen molar-refractivity contribution in [1.82, 2.24) is 4.98 Å². The summed E-state index contributed by atoms with van der Waals surface area (Å²) in [5.41, 5.74) is 1.71. The predicted octanol–water partition coefficient (Wildman–Crippen LogP) is 2.89. The summed E-state index contributed by atoms with van der Waals surface area (Å²) < 4.78 is 5.63. The van der Waals surface area contributed by atoms with Crippen LogP contribution in [0.1, 0.15) is 6.92 Å². The first-order valence-electron chi connectivity index (χ1n) is 5.01. The smallest absolute Gasteiger partial charge is 0.298 e. The number of nitrogens with zero attached hydrogens (tertiary/aromatic N) is 2. The molecule has 1 heterocycles. The van der Waals surface area contributed by atoms with Gasteiger partial charge in [0, 0.05) is 19.0 Å². The van der Waals surface area contributed by atoms with Gasteiger partial charge < -0.3 is 9.32 Å². The van der Waals surface area contributed by atoms with Gasteiger partial charge in [-0.1, -0.05) is 12.1 Å². The first kappa shape index (κ1) is 10.3. The number of alkyl halides is 1. The number of anilines is 1. The second-order valence-electron chi connectivity index (χ2n) is 3.23. The van der Waals surface area contributed by atoms with Gasteiger partial charge in [0.1, 0.15) is 5.52 Å². The van der Waals surface area contributed by atoms with Crippen LogP contribution in [0, 0.1) is 0 Å². The van der Waals surface area contributed by atoms with E-state index in [1.54, 1.807) is 0 Å². The predicted molar refractivity (Wildman–Crippen MR) is 62.6 cm³/mol. The summed E-state index contributed by atoms with van der Waals surface area (Å²) in [6.45, 7) is 3.66. The number of rotatable bonds is 4. The maximum atomic E-state index is 5.71. The Morgan fingerprint density at radius 1 is 1.40 bits per heavy atom. The zero-order valence-corrected chi connectivity index (χ0v) is 9.37. The van der Waals surface area contributed by atoms with Crippen LogP contribution in [0.15, 0.2) is 28.7 Å². The van der Waals surface area contributed by atoms with E-state index >= 15 is 0 Å². The van der Waals surface area contributed by atoms with E-state index in [2.05, 4.69) is 11.9 Å². The highest BCUT2D eigenvalue weighted by Gasteiger charge is 2.10. The molecule has 0 aliphatic rings. The van der Waals surface area contributed by atoms with Crippen LogP contribution >= 0.6 is 11.6 Å². The quantitative estimate of drug-likeness (QED) is 0.748. The number of benzene rings is 1. The maximum absolute atomic E-state index is 5.71. The Balaban J connectivity index is 2.34. The van der Waals surface area contributed by atoms with Crippen LogP contribution in [0.25, 0.3) is 11.1 Å². The van der Waals surface area contributed by atoms with E-state index in [-0.39, 0.29) is 0 Å². The summed E-state index contributed by atoms with van der Waals surface area (Å²) in [5.74, 6) is 0.576. The maximum Gasteiger partial charge on any atom is 0.298 e. The zero-order chi connectivity index (χ0) is 10.7. The second kappa shape index (κ2) is 4.53. The minimum Gasteiger partial charge on any atom is -0.423 e. The summed E-state index contributed by atoms with van der Waals surface area (Å²) in [7, 11) is 0. The molecular formula is C11H13ClN2O. The molecule has 2 rings (SSSR count). The highest BCUT2D eigenvalue weighted by Crippen LogP contribution is 2.21. The van der Waals surface area contributed by atoms with E-state index in [0.29, 0.717) is 11.9 Å². The molecule has 0 bridgehead atoms. The first-order chi connectivity index (χ1) is 7.35. The fourth-order valence-corrected chi connectivity index (χ4v) is 1.69. The van der Waals surface area contributed by atoms with Crippen molar-refractivity contribution in [2.24, 2.45) is 0 Å². The van der Waals surface area contributed by atoms with Crippen LogP contribution < -0.4 is 4.90 Å². The molecule has 0 unspecified atom stereocenters. The Labute approximate surface area is 93.6 Å². The fraction of sp³-hybridized carbons (Fsp3) is 0.364. The standard InChI is InChI=1S/C11H13ClN2O/c1-2-14(8-7-12)11-13-9-5-3-4-6-10(9)15-11/h3-6H,2,7-8H2,1H3. The minimum absolute atomic E-state index is 0.576. The lowest BCUT2D eigenvalue weighted by Gasteiger charge is -2.15. The number of oxazole rings is 1. The lowest BCUT2D eigenvalue weighted by molar-refractivity contribution is 0.576. The lowest BCUT2D eigenvalue weighted by Crippen LogP contribution is -2.25. The molecule has 4 heteroatoms. The molecule has 0 saturated heterocycles. The summed E-state index contributed by atoms with van der Waals surface area (Å²) >= 11 is 5.71. The molecule has 0 N–H and O–H groups in total. The van der Waals surface area contributed by atoms with Gasteiger partial charge in [-0.05, 0) is 19.1 Å². The van der Waals surface area contributed by atoms with Gasteiger partial charge in [0.15, 0.2) is 5.58 Å². The largest absolute Gasteiger partial charge is 0.423 e. The van der Waals surface area contributed by atoms with Gasteiger partial charge in [-0.15, -0.1) is 11.6 Å². The molecule has 0 fully saturated rings. The highest BCUT2D eigenvalue weighted by molar-refractivity contribution is 6.18. The van der Waals surface area contributed by atoms with Gasteiger partial charge >= 0.3 is 0 Å². The van der Waals surface area contributed by atoms with Crippen LogP contribution in [0.3, 0.4) is 0 Å². The van der Waals surface area contributed by atoms with Crippen molar-refractivity contribution in [2.75, 3.05) is 23.9 Å². The molecule has 1 aromatic carbocycles. The zero-order valence-electron chi connectivity index (χ0n) is 8.61. The average Bonchev–Trinajstić information content (AvgIpc) is 2.69. The third kappa shape index (κ3) is 2.07. The van der Waals surface area contributed by atoms with Crippen LogP contribution in [-0.4, -0.2) is 24.0 Å². The SMILES string of the molecule is CCN(CCCl)c1nc2ccccc2o1. The third-order valence-corrected chi connectivity index (χ3v) is 2.46. The summed E-state index contributed by atoms with van der Waals surface area (Å²) in [5, 5.41) is 0. The molecule has 0 aliphatic heterocycles. The van der Waals surface area contributed by atoms with Crippen molar-refractivity contribution in [3.05, 3.63) is 24.3 Å². The summed E-state index contributed by atoms with van der Waals surface area (Å²) in [6.07, 6.45) is 0. The minimum atomic E-state index is 0.576. The number of hydrogen-bond acceptors (Lipinski definition) is 3. The van der Waals surface area contributed by atoms with Crippen LogP contribution in [-0.2, 0) is 0 Å². The molecule has 0 atom stereocenters. The molecular weight excluding hydrogens is 212 g/mol. The van der Waals surface area contributed by atoms with E-state index in [9.17, 15) is 0 Å². The normalized spacial score (nSPS) is 10.8. The average molecular weight is 225 g/mol. The third-order valence-electron chi connectivity index (χ3n) is 2.29. The topological polar surface area (TPSA) is 29.3 Å². The summed E-state index contributed by atoms with van der Waals surface area (Å²) in [6, 6.07) is 8.40. The second-order valence-corrected chi connectivity index (χ2v) is 3.61. The highest BCUT2D eigenvalue weighted by atomic mass is 35.5. The van der Waals surface area contributed by atoms with Gasteiger partial charge in [0.05, 0.1) is 0 Å². The van der Waals surface area contributed by atoms with Crippen molar-refractivity contribution >= 4 is 28.7 Å². The number of para-hydroxylation sites is 2. The molecule has 0 saturated carbocycles. The van der Waals surface area contributed by atoms with E-state index in [1.807, 2.05) is 29.2 Å². The number of aromatic nitrogens is 1. The van der Waals surface area contributed by atoms with E-state index in [0.717, 1.165) is 24.2 Å². The number of hydrogen-bond donors (Lipinski definition) is 0. The molecule has 80 valence electrons. The Hall–Kier alpha value is -1.22. The van der Waals surface area contributed by atoms with E-state index in [4.69, 9.17) is 16.0 Å². The molecule has 2 aromatic rings. The van der Waals surface area contributed by atoms with Crippen molar-refractivity contribution in [3.8, 4) is 0 Å². The summed E-state index contributed by atoms with van der Waals surface area (Å²) in [4.78, 5) is 6.42. The van der Waals surface area contributed by atoms with Crippen molar-refractivity contribution in [1.29, 1.82) is 0 Å². The Morgan fingerprint density at radius 2 is 2.20 bits per heavy atom. The van der Waals surface area contributed by atoms with Gasteiger partial charge in [-0.25, -0.2) is 0 Å².